The van der Waals surface area contributed by atoms with Crippen molar-refractivity contribution in [2.24, 2.45) is 0 Å². The van der Waals surface area contributed by atoms with Crippen molar-refractivity contribution in [3.63, 3.8) is 0 Å². The number of nitrogens with zero attached hydrogens (tertiary/aromatic N) is 3. The maximum Gasteiger partial charge on any atom is 0.257 e. The van der Waals surface area contributed by atoms with Gasteiger partial charge in [-0.3, -0.25) is 4.79 Å². The summed E-state index contributed by atoms with van der Waals surface area (Å²) in [5.74, 6) is 0.175. The molecule has 3 heterocycles. The van der Waals surface area contributed by atoms with E-state index in [0.29, 0.717) is 29.1 Å². The van der Waals surface area contributed by atoms with E-state index >= 15 is 0 Å². The first-order chi connectivity index (χ1) is 16.1. The van der Waals surface area contributed by atoms with Crippen molar-refractivity contribution in [3.05, 3.63) is 88.1 Å². The van der Waals surface area contributed by atoms with Gasteiger partial charge in [-0.15, -0.1) is 11.3 Å². The average Bonchev–Trinajstić information content (AvgIpc) is 3.43. The van der Waals surface area contributed by atoms with Crippen LogP contribution in [0, 0.1) is 0 Å². The number of aromatic nitrogens is 3. The molecule has 0 radical (unpaired) electrons. The second-order valence-electron chi connectivity index (χ2n) is 8.21. The Hall–Kier alpha value is -3.71. The molecule has 5 aromatic rings. The summed E-state index contributed by atoms with van der Waals surface area (Å²) in [5.41, 5.74) is 10.9. The maximum atomic E-state index is 13.4. The largest absolute Gasteiger partial charge is 0.384 e. The number of amides is 1. The van der Waals surface area contributed by atoms with Crippen LogP contribution in [0.25, 0.3) is 22.2 Å². The standard InChI is InChI=1S/C26H25N5OS/c1-17(13-14-18-8-3-2-4-9-18)28-26(32)22-23-25(30-21-12-6-5-11-20(21)29-23)31(24(22)27)16-19-10-7-15-33-19/h2-12,15,17H,13-14,16,27H2,1H3,(H,28,32)/t17-/m1/s1. The molecule has 5 rings (SSSR count). The van der Waals surface area contributed by atoms with Gasteiger partial charge in [0.15, 0.2) is 5.65 Å². The quantitative estimate of drug-likeness (QED) is 0.360. The van der Waals surface area contributed by atoms with E-state index in [4.69, 9.17) is 15.7 Å². The highest BCUT2D eigenvalue weighted by atomic mass is 32.1. The molecule has 0 fully saturated rings. The van der Waals surface area contributed by atoms with Gasteiger partial charge < -0.3 is 15.6 Å². The number of nitrogens with one attached hydrogen (secondary N) is 1. The van der Waals surface area contributed by atoms with Crippen LogP contribution in [0.1, 0.15) is 34.1 Å². The molecule has 6 nitrogen and oxygen atoms in total. The minimum Gasteiger partial charge on any atom is -0.384 e. The van der Waals surface area contributed by atoms with Crippen molar-refractivity contribution in [2.45, 2.75) is 32.4 Å². The minimum absolute atomic E-state index is 0.0128. The zero-order chi connectivity index (χ0) is 22.8. The number of nitrogen functional groups attached to an aromatic ring is 1. The summed E-state index contributed by atoms with van der Waals surface area (Å²) in [4.78, 5) is 24.1. The number of carbonyl (C=O) groups is 1. The first-order valence-electron chi connectivity index (χ1n) is 11.0. The molecule has 33 heavy (non-hydrogen) atoms. The minimum atomic E-state index is -0.215. The second kappa shape index (κ2) is 9.03. The molecule has 1 atom stereocenters. The third-order valence-electron chi connectivity index (χ3n) is 5.80. The lowest BCUT2D eigenvalue weighted by Crippen LogP contribution is -2.33. The molecule has 3 N–H and O–H groups in total. The van der Waals surface area contributed by atoms with Crippen molar-refractivity contribution in [1.29, 1.82) is 0 Å². The van der Waals surface area contributed by atoms with Crippen LogP contribution in [0.5, 0.6) is 0 Å². The molecule has 0 spiro atoms. The van der Waals surface area contributed by atoms with Crippen molar-refractivity contribution < 1.29 is 4.79 Å². The third-order valence-corrected chi connectivity index (χ3v) is 6.66. The maximum absolute atomic E-state index is 13.4. The third kappa shape index (κ3) is 4.32. The monoisotopic (exact) mass is 455 g/mol. The number of aryl methyl sites for hydroxylation is 1. The Morgan fingerprint density at radius 1 is 1.03 bits per heavy atom. The number of benzene rings is 2. The highest BCUT2D eigenvalue weighted by molar-refractivity contribution is 7.09. The number of fused-ring (bicyclic) bond motifs is 2. The van der Waals surface area contributed by atoms with Crippen LogP contribution in [-0.2, 0) is 13.0 Å². The summed E-state index contributed by atoms with van der Waals surface area (Å²) >= 11 is 1.65. The molecule has 0 aliphatic rings. The van der Waals surface area contributed by atoms with E-state index in [1.165, 1.54) is 5.56 Å². The van der Waals surface area contributed by atoms with Crippen LogP contribution in [-0.4, -0.2) is 26.5 Å². The first-order valence-corrected chi connectivity index (χ1v) is 11.9. The SMILES string of the molecule is C[C@H](CCc1ccccc1)NC(=O)c1c(N)n(Cc2cccs2)c2nc3ccccc3nc12. The molecule has 0 unspecified atom stereocenters. The summed E-state index contributed by atoms with van der Waals surface area (Å²) in [6.45, 7) is 2.56. The molecule has 1 amide bonds. The van der Waals surface area contributed by atoms with Gasteiger partial charge in [0.1, 0.15) is 16.9 Å². The fraction of sp³-hybridized carbons (Fsp3) is 0.192. The van der Waals surface area contributed by atoms with E-state index in [1.807, 2.05) is 65.4 Å². The Morgan fingerprint density at radius 3 is 2.48 bits per heavy atom. The molecule has 2 aromatic carbocycles. The van der Waals surface area contributed by atoms with Gasteiger partial charge in [0.25, 0.3) is 5.91 Å². The van der Waals surface area contributed by atoms with Gasteiger partial charge in [-0.05, 0) is 48.9 Å². The average molecular weight is 456 g/mol. The van der Waals surface area contributed by atoms with Gasteiger partial charge in [-0.25, -0.2) is 9.97 Å². The number of hydrogen-bond donors (Lipinski definition) is 2. The van der Waals surface area contributed by atoms with Gasteiger partial charge in [-0.1, -0.05) is 48.5 Å². The summed E-state index contributed by atoms with van der Waals surface area (Å²) in [6.07, 6.45) is 1.72. The summed E-state index contributed by atoms with van der Waals surface area (Å²) < 4.78 is 1.89. The number of anilines is 1. The summed E-state index contributed by atoms with van der Waals surface area (Å²) in [5, 5.41) is 5.15. The van der Waals surface area contributed by atoms with Crippen molar-refractivity contribution in [1.82, 2.24) is 19.9 Å². The van der Waals surface area contributed by atoms with Crippen molar-refractivity contribution in [3.8, 4) is 0 Å². The van der Waals surface area contributed by atoms with Crippen LogP contribution < -0.4 is 11.1 Å². The molecule has 0 aliphatic heterocycles. The number of para-hydroxylation sites is 2. The predicted molar refractivity (Wildman–Crippen MR) is 135 cm³/mol. The molecule has 0 aliphatic carbocycles. The smallest absolute Gasteiger partial charge is 0.257 e. The van der Waals surface area contributed by atoms with E-state index < -0.39 is 0 Å². The molecule has 0 bridgehead atoms. The summed E-state index contributed by atoms with van der Waals surface area (Å²) in [6, 6.07) is 22.0. The molecular weight excluding hydrogens is 430 g/mol. The number of carbonyl (C=O) groups excluding carboxylic acids is 1. The van der Waals surface area contributed by atoms with Gasteiger partial charge >= 0.3 is 0 Å². The lowest BCUT2D eigenvalue weighted by Gasteiger charge is -2.14. The zero-order valence-corrected chi connectivity index (χ0v) is 19.2. The van der Waals surface area contributed by atoms with Crippen LogP contribution in [0.3, 0.4) is 0 Å². The van der Waals surface area contributed by atoms with Gasteiger partial charge in [-0.2, -0.15) is 0 Å². The first kappa shape index (κ1) is 21.2. The predicted octanol–water partition coefficient (Wildman–Crippen LogP) is 5.03. The lowest BCUT2D eigenvalue weighted by molar-refractivity contribution is 0.0940. The number of rotatable bonds is 7. The number of hydrogen-bond acceptors (Lipinski definition) is 5. The Labute approximate surface area is 196 Å². The Morgan fingerprint density at radius 2 is 1.76 bits per heavy atom. The molecule has 0 saturated carbocycles. The normalized spacial score (nSPS) is 12.3. The fourth-order valence-electron chi connectivity index (χ4n) is 4.06. The zero-order valence-electron chi connectivity index (χ0n) is 18.4. The molecule has 0 saturated heterocycles. The molecule has 7 heteroatoms. The highest BCUT2D eigenvalue weighted by Crippen LogP contribution is 2.29. The van der Waals surface area contributed by atoms with Crippen LogP contribution in [0.2, 0.25) is 0 Å². The topological polar surface area (TPSA) is 85.8 Å². The van der Waals surface area contributed by atoms with Crippen LogP contribution in [0.4, 0.5) is 5.82 Å². The Bertz CT molecular complexity index is 1410. The fourth-order valence-corrected chi connectivity index (χ4v) is 4.75. The van der Waals surface area contributed by atoms with E-state index in [0.717, 1.165) is 28.8 Å². The molecular formula is C26H25N5OS. The summed E-state index contributed by atoms with van der Waals surface area (Å²) in [7, 11) is 0. The number of nitrogens with two attached hydrogens (primary N) is 1. The van der Waals surface area contributed by atoms with Crippen LogP contribution >= 0.6 is 11.3 Å². The van der Waals surface area contributed by atoms with E-state index in [-0.39, 0.29) is 11.9 Å². The molecule has 3 aromatic heterocycles. The van der Waals surface area contributed by atoms with Gasteiger partial charge in [0, 0.05) is 10.9 Å². The van der Waals surface area contributed by atoms with E-state index in [9.17, 15) is 4.79 Å². The number of thiophene rings is 1. The van der Waals surface area contributed by atoms with E-state index in [2.05, 4.69) is 23.5 Å². The van der Waals surface area contributed by atoms with Crippen LogP contribution in [0.15, 0.2) is 72.1 Å². The van der Waals surface area contributed by atoms with Gasteiger partial charge in [0.05, 0.1) is 17.6 Å². The molecule has 166 valence electrons. The van der Waals surface area contributed by atoms with Gasteiger partial charge in [0.2, 0.25) is 0 Å². The van der Waals surface area contributed by atoms with Crippen molar-refractivity contribution in [2.75, 3.05) is 5.73 Å². The lowest BCUT2D eigenvalue weighted by atomic mass is 10.1. The van der Waals surface area contributed by atoms with Crippen molar-refractivity contribution >= 4 is 45.3 Å². The van der Waals surface area contributed by atoms with E-state index in [1.54, 1.807) is 11.3 Å². The highest BCUT2D eigenvalue weighted by Gasteiger charge is 2.25. The Kier molecular flexibility index (Phi) is 5.79. The second-order valence-corrected chi connectivity index (χ2v) is 9.24. The Balaban J connectivity index is 1.48.